The molecule has 53 heavy (non-hydrogen) atoms. The second-order valence-electron chi connectivity index (χ2n) is 14.4. The van der Waals surface area contributed by atoms with Gasteiger partial charge in [-0.05, 0) is 79.2 Å². The van der Waals surface area contributed by atoms with Crippen LogP contribution in [0.1, 0.15) is 22.3 Å². The first-order chi connectivity index (χ1) is 26.3. The van der Waals surface area contributed by atoms with Gasteiger partial charge in [0.15, 0.2) is 5.75 Å². The molecule has 246 valence electrons. The van der Waals surface area contributed by atoms with E-state index in [0.29, 0.717) is 0 Å². The van der Waals surface area contributed by atoms with Crippen molar-refractivity contribution in [2.45, 2.75) is 5.41 Å². The fraction of sp³-hybridized carbons (Fsp3) is 0.0196. The molecule has 2 heteroatoms. The summed E-state index contributed by atoms with van der Waals surface area (Å²) in [5, 5.41) is 7.39. The van der Waals surface area contributed by atoms with E-state index in [1.807, 2.05) is 0 Å². The number of hydrogen-bond acceptors (Lipinski definition) is 1. The molecule has 12 rings (SSSR count). The number of rotatable bonds is 2. The average Bonchev–Trinajstić information content (AvgIpc) is 3.73. The maximum Gasteiger partial charge on any atom is 0.156 e. The van der Waals surface area contributed by atoms with E-state index in [0.717, 1.165) is 28.2 Å². The second-order valence-corrected chi connectivity index (χ2v) is 14.4. The number of nitrogens with zero attached hydrogens (tertiary/aromatic N) is 1. The van der Waals surface area contributed by atoms with Gasteiger partial charge in [0.2, 0.25) is 0 Å². The van der Waals surface area contributed by atoms with Gasteiger partial charge >= 0.3 is 0 Å². The third kappa shape index (κ3) is 3.72. The molecular weight excluding hydrogens is 643 g/mol. The summed E-state index contributed by atoms with van der Waals surface area (Å²) in [6, 6.07) is 68.8. The van der Waals surface area contributed by atoms with E-state index in [-0.39, 0.29) is 0 Å². The Bertz CT molecular complexity index is 3100. The highest BCUT2D eigenvalue weighted by molar-refractivity contribution is 6.22. The van der Waals surface area contributed by atoms with Gasteiger partial charge in [-0.25, -0.2) is 0 Å². The molecule has 1 spiro atoms. The second kappa shape index (κ2) is 10.6. The zero-order valence-electron chi connectivity index (χ0n) is 28.8. The van der Waals surface area contributed by atoms with Crippen molar-refractivity contribution in [2.24, 2.45) is 0 Å². The Morgan fingerprint density at radius 1 is 0.396 bits per heavy atom. The summed E-state index contributed by atoms with van der Waals surface area (Å²) >= 11 is 0. The lowest BCUT2D eigenvalue weighted by Gasteiger charge is -2.39. The minimum Gasteiger partial charge on any atom is -0.454 e. The summed E-state index contributed by atoms with van der Waals surface area (Å²) < 4.78 is 9.67. The molecule has 2 aliphatic rings. The van der Waals surface area contributed by atoms with Crippen LogP contribution in [0.25, 0.3) is 71.3 Å². The van der Waals surface area contributed by atoms with Crippen molar-refractivity contribution in [1.82, 2.24) is 4.57 Å². The highest BCUT2D eigenvalue weighted by Gasteiger charge is 2.51. The van der Waals surface area contributed by atoms with Gasteiger partial charge in [-0.2, -0.15) is 0 Å². The number of benzene rings is 9. The van der Waals surface area contributed by atoms with Crippen molar-refractivity contribution in [3.8, 4) is 39.4 Å². The van der Waals surface area contributed by atoms with Crippen LogP contribution in [0.2, 0.25) is 0 Å². The van der Waals surface area contributed by atoms with Crippen LogP contribution in [-0.2, 0) is 5.41 Å². The van der Waals surface area contributed by atoms with Crippen LogP contribution in [0.15, 0.2) is 188 Å². The maximum absolute atomic E-state index is 7.23. The smallest absolute Gasteiger partial charge is 0.156 e. The minimum absolute atomic E-state index is 0.535. The van der Waals surface area contributed by atoms with Crippen LogP contribution in [0, 0.1) is 0 Å². The van der Waals surface area contributed by atoms with Crippen molar-refractivity contribution in [3.05, 3.63) is 210 Å². The van der Waals surface area contributed by atoms with Gasteiger partial charge in [0, 0.05) is 27.6 Å². The molecule has 0 bridgehead atoms. The minimum atomic E-state index is -0.535. The zero-order chi connectivity index (χ0) is 34.7. The molecule has 1 aromatic heterocycles. The van der Waals surface area contributed by atoms with Gasteiger partial charge in [-0.3, -0.25) is 0 Å². The summed E-state index contributed by atoms with van der Waals surface area (Å²) in [6.45, 7) is 0. The molecule has 0 amide bonds. The number of aromatic nitrogens is 1. The Kier molecular flexibility index (Phi) is 5.73. The predicted octanol–water partition coefficient (Wildman–Crippen LogP) is 13.2. The van der Waals surface area contributed by atoms with Gasteiger partial charge in [0.05, 0.1) is 16.4 Å². The molecule has 9 aromatic carbocycles. The van der Waals surface area contributed by atoms with Gasteiger partial charge in [-0.15, -0.1) is 0 Å². The fourth-order valence-electron chi connectivity index (χ4n) is 9.71. The quantitative estimate of drug-likeness (QED) is 0.178. The lowest BCUT2D eigenvalue weighted by Crippen LogP contribution is -2.32. The Hall–Kier alpha value is -6.90. The Labute approximate surface area is 306 Å². The first-order valence-corrected chi connectivity index (χ1v) is 18.4. The van der Waals surface area contributed by atoms with E-state index in [1.54, 1.807) is 0 Å². The first-order valence-electron chi connectivity index (χ1n) is 18.4. The third-order valence-corrected chi connectivity index (χ3v) is 11.9. The molecule has 0 atom stereocenters. The molecule has 2 nitrogen and oxygen atoms in total. The monoisotopic (exact) mass is 673 g/mol. The molecule has 0 fully saturated rings. The number of ether oxygens (including phenoxy) is 1. The van der Waals surface area contributed by atoms with Crippen LogP contribution in [0.4, 0.5) is 0 Å². The SMILES string of the molecule is c1ccc2c(c1)Oc1c(ccc3c4c5ccccc5ccc4n(-c4ccc(-c5cccc6ccccc56)cc4)c13)C21c2ccccc2-c2ccccc21. The molecule has 0 unspecified atom stereocenters. The standard InChI is InChI=1S/C51H31NO/c1-3-15-36-32(12-1)14-11-19-37(36)34-24-27-35(28-25-34)52-46-31-26-33-13-2-4-16-38(33)48(46)41-29-30-45-50(49(41)52)53-47-23-10-9-22-44(47)51(45)42-20-7-5-17-39(42)40-18-6-8-21-43(40)51/h1-31H. The van der Waals surface area contributed by atoms with Crippen molar-refractivity contribution in [1.29, 1.82) is 0 Å². The predicted molar refractivity (Wildman–Crippen MR) is 219 cm³/mol. The third-order valence-electron chi connectivity index (χ3n) is 11.9. The normalized spacial score (nSPS) is 13.6. The number of fused-ring (bicyclic) bond motifs is 16. The summed E-state index contributed by atoms with van der Waals surface area (Å²) in [5.74, 6) is 1.80. The average molecular weight is 674 g/mol. The molecule has 0 saturated heterocycles. The van der Waals surface area contributed by atoms with Crippen LogP contribution in [0.5, 0.6) is 11.5 Å². The highest BCUT2D eigenvalue weighted by Crippen LogP contribution is 2.63. The molecule has 1 aliphatic heterocycles. The molecule has 2 heterocycles. The fourth-order valence-corrected chi connectivity index (χ4v) is 9.71. The van der Waals surface area contributed by atoms with Crippen molar-refractivity contribution in [2.75, 3.05) is 0 Å². The van der Waals surface area contributed by atoms with E-state index in [1.165, 1.54) is 76.8 Å². The topological polar surface area (TPSA) is 14.2 Å². The Morgan fingerprint density at radius 3 is 1.77 bits per heavy atom. The molecular formula is C51H31NO. The largest absolute Gasteiger partial charge is 0.454 e. The van der Waals surface area contributed by atoms with Gasteiger partial charge < -0.3 is 9.30 Å². The Morgan fingerprint density at radius 2 is 1.00 bits per heavy atom. The van der Waals surface area contributed by atoms with Crippen LogP contribution >= 0.6 is 0 Å². The lowest BCUT2D eigenvalue weighted by atomic mass is 9.66. The van der Waals surface area contributed by atoms with E-state index in [4.69, 9.17) is 4.74 Å². The van der Waals surface area contributed by atoms with Crippen LogP contribution in [0.3, 0.4) is 0 Å². The van der Waals surface area contributed by atoms with E-state index < -0.39 is 5.41 Å². The Balaban J connectivity index is 1.20. The van der Waals surface area contributed by atoms with Crippen molar-refractivity contribution in [3.63, 3.8) is 0 Å². The highest BCUT2D eigenvalue weighted by atomic mass is 16.5. The molecule has 0 radical (unpaired) electrons. The summed E-state index contributed by atoms with van der Waals surface area (Å²) in [5.41, 5.74) is 12.7. The van der Waals surface area contributed by atoms with Crippen molar-refractivity contribution < 1.29 is 4.74 Å². The van der Waals surface area contributed by atoms with E-state index in [2.05, 4.69) is 193 Å². The summed E-state index contributed by atoms with van der Waals surface area (Å²) in [4.78, 5) is 0. The molecule has 1 aliphatic carbocycles. The first kappa shape index (κ1) is 28.8. The van der Waals surface area contributed by atoms with E-state index >= 15 is 0 Å². The van der Waals surface area contributed by atoms with E-state index in [9.17, 15) is 0 Å². The maximum atomic E-state index is 7.23. The van der Waals surface area contributed by atoms with Crippen LogP contribution in [-0.4, -0.2) is 4.57 Å². The summed E-state index contributed by atoms with van der Waals surface area (Å²) in [7, 11) is 0. The van der Waals surface area contributed by atoms with Gasteiger partial charge in [0.1, 0.15) is 5.75 Å². The van der Waals surface area contributed by atoms with Crippen molar-refractivity contribution >= 4 is 43.4 Å². The molecule has 0 N–H and O–H groups in total. The van der Waals surface area contributed by atoms with Gasteiger partial charge in [-0.1, -0.05) is 164 Å². The van der Waals surface area contributed by atoms with Crippen LogP contribution < -0.4 is 4.74 Å². The molecule has 0 saturated carbocycles. The molecule has 10 aromatic rings. The number of para-hydroxylation sites is 1. The zero-order valence-corrected chi connectivity index (χ0v) is 28.8. The lowest BCUT2D eigenvalue weighted by molar-refractivity contribution is 0.440. The number of hydrogen-bond donors (Lipinski definition) is 0. The van der Waals surface area contributed by atoms with Gasteiger partial charge in [0.25, 0.3) is 0 Å². The summed E-state index contributed by atoms with van der Waals surface area (Å²) in [6.07, 6.45) is 0.